The topological polar surface area (TPSA) is 49.4 Å². The van der Waals surface area contributed by atoms with Gasteiger partial charge in [0.2, 0.25) is 5.91 Å². The molecule has 0 fully saturated rings. The zero-order chi connectivity index (χ0) is 16.8. The summed E-state index contributed by atoms with van der Waals surface area (Å²) < 4.78 is 14.4. The minimum absolute atomic E-state index is 0.130. The van der Waals surface area contributed by atoms with E-state index in [1.165, 1.54) is 11.0 Å². The first-order chi connectivity index (χ1) is 11.0. The fourth-order valence-corrected chi connectivity index (χ4v) is 2.40. The standard InChI is InChI=1S/C17H16BrFN2O2/c1-21(11-13-9-14(18)7-8-15(13)19)16(22)10-20-17(23)12-5-3-2-4-6-12/h2-9H,10-11H2,1H3,(H,20,23). The molecule has 6 heteroatoms. The third-order valence-electron chi connectivity index (χ3n) is 3.28. The molecule has 0 unspecified atom stereocenters. The van der Waals surface area contributed by atoms with Crippen LogP contribution in [-0.2, 0) is 11.3 Å². The van der Waals surface area contributed by atoms with Crippen LogP contribution in [0.5, 0.6) is 0 Å². The number of hydrogen-bond donors (Lipinski definition) is 1. The summed E-state index contributed by atoms with van der Waals surface area (Å²) in [7, 11) is 1.57. The molecule has 2 aromatic carbocycles. The van der Waals surface area contributed by atoms with Crippen LogP contribution in [0.25, 0.3) is 0 Å². The van der Waals surface area contributed by atoms with Gasteiger partial charge in [-0.05, 0) is 30.3 Å². The Hall–Kier alpha value is -2.21. The van der Waals surface area contributed by atoms with Crippen LogP contribution in [0.15, 0.2) is 53.0 Å². The van der Waals surface area contributed by atoms with Crippen LogP contribution in [0.2, 0.25) is 0 Å². The Morgan fingerprint density at radius 3 is 2.57 bits per heavy atom. The van der Waals surface area contributed by atoms with Gasteiger partial charge in [0.15, 0.2) is 0 Å². The van der Waals surface area contributed by atoms with Gasteiger partial charge in [0, 0.05) is 29.2 Å². The molecule has 120 valence electrons. The van der Waals surface area contributed by atoms with Gasteiger partial charge in [-0.2, -0.15) is 0 Å². The van der Waals surface area contributed by atoms with Crippen molar-refractivity contribution in [3.8, 4) is 0 Å². The highest BCUT2D eigenvalue weighted by atomic mass is 79.9. The van der Waals surface area contributed by atoms with Gasteiger partial charge in [-0.15, -0.1) is 0 Å². The molecule has 0 aliphatic heterocycles. The fourth-order valence-electron chi connectivity index (χ4n) is 1.99. The number of halogens is 2. The highest BCUT2D eigenvalue weighted by molar-refractivity contribution is 9.10. The van der Waals surface area contributed by atoms with Crippen LogP contribution in [0.3, 0.4) is 0 Å². The van der Waals surface area contributed by atoms with Crippen molar-refractivity contribution in [1.29, 1.82) is 0 Å². The van der Waals surface area contributed by atoms with E-state index in [4.69, 9.17) is 0 Å². The number of likely N-dealkylation sites (N-methyl/N-ethyl adjacent to an activating group) is 1. The summed E-state index contributed by atoms with van der Waals surface area (Å²) >= 11 is 3.27. The average molecular weight is 379 g/mol. The van der Waals surface area contributed by atoms with Crippen LogP contribution in [0.1, 0.15) is 15.9 Å². The van der Waals surface area contributed by atoms with Crippen LogP contribution in [0.4, 0.5) is 4.39 Å². The maximum Gasteiger partial charge on any atom is 0.251 e. The molecule has 23 heavy (non-hydrogen) atoms. The maximum absolute atomic E-state index is 13.7. The summed E-state index contributed by atoms with van der Waals surface area (Å²) in [6, 6.07) is 13.2. The van der Waals surface area contributed by atoms with Gasteiger partial charge in [-0.25, -0.2) is 4.39 Å². The predicted octanol–water partition coefficient (Wildman–Crippen LogP) is 2.98. The molecule has 0 heterocycles. The number of benzene rings is 2. The number of amides is 2. The SMILES string of the molecule is CN(Cc1cc(Br)ccc1F)C(=O)CNC(=O)c1ccccc1. The van der Waals surface area contributed by atoms with E-state index in [0.29, 0.717) is 11.1 Å². The molecule has 0 atom stereocenters. The van der Waals surface area contributed by atoms with Crippen LogP contribution in [0, 0.1) is 5.82 Å². The molecule has 4 nitrogen and oxygen atoms in total. The molecule has 0 radical (unpaired) electrons. The van der Waals surface area contributed by atoms with Crippen molar-refractivity contribution < 1.29 is 14.0 Å². The third kappa shape index (κ3) is 4.89. The summed E-state index contributed by atoms with van der Waals surface area (Å²) in [5.74, 6) is -0.990. The number of carbonyl (C=O) groups is 2. The molecule has 0 spiro atoms. The fraction of sp³-hybridized carbons (Fsp3) is 0.176. The molecule has 2 aromatic rings. The largest absolute Gasteiger partial charge is 0.343 e. The lowest BCUT2D eigenvalue weighted by atomic mass is 10.2. The number of rotatable bonds is 5. The Morgan fingerprint density at radius 1 is 1.17 bits per heavy atom. The molecule has 0 aliphatic rings. The van der Waals surface area contributed by atoms with Gasteiger partial charge in [0.05, 0.1) is 6.54 Å². The summed E-state index contributed by atoms with van der Waals surface area (Å²) in [6.45, 7) is -0.00877. The lowest BCUT2D eigenvalue weighted by molar-refractivity contribution is -0.129. The molecule has 0 bridgehead atoms. The minimum Gasteiger partial charge on any atom is -0.343 e. The van der Waals surface area contributed by atoms with Gasteiger partial charge < -0.3 is 10.2 Å². The number of nitrogens with one attached hydrogen (secondary N) is 1. The molecule has 2 amide bonds. The lowest BCUT2D eigenvalue weighted by Gasteiger charge is -2.18. The second kappa shape index (κ2) is 7.87. The van der Waals surface area contributed by atoms with E-state index in [-0.39, 0.29) is 30.7 Å². The molecule has 0 aliphatic carbocycles. The monoisotopic (exact) mass is 378 g/mol. The Labute approximate surface area is 142 Å². The Balaban J connectivity index is 1.90. The van der Waals surface area contributed by atoms with Crippen molar-refractivity contribution >= 4 is 27.7 Å². The molecule has 0 saturated carbocycles. The highest BCUT2D eigenvalue weighted by Gasteiger charge is 2.13. The normalized spacial score (nSPS) is 10.2. The summed E-state index contributed by atoms with van der Waals surface area (Å²) in [6.07, 6.45) is 0. The Morgan fingerprint density at radius 2 is 1.87 bits per heavy atom. The first kappa shape index (κ1) is 17.1. The van der Waals surface area contributed by atoms with Crippen molar-refractivity contribution in [2.24, 2.45) is 0 Å². The molecule has 0 saturated heterocycles. The predicted molar refractivity (Wildman–Crippen MR) is 89.3 cm³/mol. The third-order valence-corrected chi connectivity index (χ3v) is 3.77. The lowest BCUT2D eigenvalue weighted by Crippen LogP contribution is -2.37. The van der Waals surface area contributed by atoms with Gasteiger partial charge in [0.1, 0.15) is 5.82 Å². The second-order valence-electron chi connectivity index (χ2n) is 5.03. The number of nitrogens with zero attached hydrogens (tertiary/aromatic N) is 1. The molecule has 1 N–H and O–H groups in total. The van der Waals surface area contributed by atoms with Crippen molar-refractivity contribution in [2.45, 2.75) is 6.54 Å². The molecular formula is C17H16BrFN2O2. The molecule has 2 rings (SSSR count). The summed E-state index contributed by atoms with van der Waals surface area (Å²) in [4.78, 5) is 25.3. The van der Waals surface area contributed by atoms with Crippen molar-refractivity contribution in [1.82, 2.24) is 10.2 Å². The van der Waals surface area contributed by atoms with Gasteiger partial charge in [-0.3, -0.25) is 9.59 Å². The maximum atomic E-state index is 13.7. The molecular weight excluding hydrogens is 363 g/mol. The van der Waals surface area contributed by atoms with Crippen molar-refractivity contribution in [3.63, 3.8) is 0 Å². The second-order valence-corrected chi connectivity index (χ2v) is 5.95. The van der Waals surface area contributed by atoms with E-state index in [9.17, 15) is 14.0 Å². The quantitative estimate of drug-likeness (QED) is 0.869. The zero-order valence-corrected chi connectivity index (χ0v) is 14.1. The number of hydrogen-bond acceptors (Lipinski definition) is 2. The minimum atomic E-state index is -0.374. The van der Waals surface area contributed by atoms with Crippen LogP contribution < -0.4 is 5.32 Å². The summed E-state index contributed by atoms with van der Waals surface area (Å²) in [5.41, 5.74) is 0.894. The van der Waals surface area contributed by atoms with Crippen molar-refractivity contribution in [2.75, 3.05) is 13.6 Å². The Kier molecular flexibility index (Phi) is 5.87. The van der Waals surface area contributed by atoms with E-state index < -0.39 is 0 Å². The van der Waals surface area contributed by atoms with Crippen LogP contribution in [-0.4, -0.2) is 30.3 Å². The molecule has 0 aromatic heterocycles. The van der Waals surface area contributed by atoms with Gasteiger partial charge in [0.25, 0.3) is 5.91 Å². The zero-order valence-electron chi connectivity index (χ0n) is 12.6. The van der Waals surface area contributed by atoms with Gasteiger partial charge in [-0.1, -0.05) is 34.1 Å². The van der Waals surface area contributed by atoms with E-state index in [2.05, 4.69) is 21.2 Å². The van der Waals surface area contributed by atoms with E-state index in [1.54, 1.807) is 43.4 Å². The van der Waals surface area contributed by atoms with Gasteiger partial charge >= 0.3 is 0 Å². The van der Waals surface area contributed by atoms with E-state index in [1.807, 2.05) is 6.07 Å². The van der Waals surface area contributed by atoms with Crippen molar-refractivity contribution in [3.05, 3.63) is 69.9 Å². The smallest absolute Gasteiger partial charge is 0.251 e. The number of carbonyl (C=O) groups excluding carboxylic acids is 2. The Bertz CT molecular complexity index is 707. The van der Waals surface area contributed by atoms with Crippen LogP contribution >= 0.6 is 15.9 Å². The highest BCUT2D eigenvalue weighted by Crippen LogP contribution is 2.16. The van der Waals surface area contributed by atoms with E-state index >= 15 is 0 Å². The first-order valence-corrected chi connectivity index (χ1v) is 7.78. The van der Waals surface area contributed by atoms with E-state index in [0.717, 1.165) is 4.47 Å². The first-order valence-electron chi connectivity index (χ1n) is 6.98. The average Bonchev–Trinajstić information content (AvgIpc) is 2.56. The summed E-state index contributed by atoms with van der Waals surface area (Å²) in [5, 5.41) is 2.56.